The molecule has 0 saturated heterocycles. The summed E-state index contributed by atoms with van der Waals surface area (Å²) in [6, 6.07) is 5.76. The highest BCUT2D eigenvalue weighted by molar-refractivity contribution is 5.90. The summed E-state index contributed by atoms with van der Waals surface area (Å²) in [6.45, 7) is 0. The van der Waals surface area contributed by atoms with Crippen molar-refractivity contribution in [1.82, 2.24) is 9.88 Å². The van der Waals surface area contributed by atoms with Crippen LogP contribution in [-0.2, 0) is 11.2 Å². The molecule has 0 amide bonds. The van der Waals surface area contributed by atoms with Gasteiger partial charge in [0.1, 0.15) is 0 Å². The maximum Gasteiger partial charge on any atom is 0.158 e. The van der Waals surface area contributed by atoms with Gasteiger partial charge >= 0.3 is 0 Å². The molecule has 1 saturated carbocycles. The molecule has 1 aliphatic rings. The molecule has 3 heteroatoms. The Morgan fingerprint density at radius 3 is 2.56 bits per heavy atom. The monoisotopic (exact) mass is 246 g/mol. The zero-order valence-electron chi connectivity index (χ0n) is 11.4. The first kappa shape index (κ1) is 13.2. The quantitative estimate of drug-likeness (QED) is 0.818. The van der Waals surface area contributed by atoms with Gasteiger partial charge < -0.3 is 0 Å². The second-order valence-corrected chi connectivity index (χ2v) is 5.41. The molecule has 0 atom stereocenters. The molecule has 0 spiro atoms. The molecule has 1 heterocycles. The molecule has 3 nitrogen and oxygen atoms in total. The van der Waals surface area contributed by atoms with Crippen molar-refractivity contribution in [3.63, 3.8) is 0 Å². The van der Waals surface area contributed by atoms with Crippen LogP contribution < -0.4 is 0 Å². The van der Waals surface area contributed by atoms with Crippen molar-refractivity contribution in [2.24, 2.45) is 0 Å². The van der Waals surface area contributed by atoms with Gasteiger partial charge in [0.05, 0.1) is 12.0 Å². The normalized spacial score (nSPS) is 18.8. The van der Waals surface area contributed by atoms with E-state index in [0.29, 0.717) is 12.2 Å². The fourth-order valence-electron chi connectivity index (χ4n) is 2.94. The predicted molar refractivity (Wildman–Crippen MR) is 72.5 cm³/mol. The van der Waals surface area contributed by atoms with Crippen LogP contribution in [0.15, 0.2) is 24.4 Å². The lowest BCUT2D eigenvalue weighted by atomic mass is 9.76. The van der Waals surface area contributed by atoms with E-state index >= 15 is 0 Å². The Bertz CT molecular complexity index is 394. The van der Waals surface area contributed by atoms with Crippen molar-refractivity contribution in [3.05, 3.63) is 30.1 Å². The van der Waals surface area contributed by atoms with Crippen LogP contribution in [0.4, 0.5) is 0 Å². The van der Waals surface area contributed by atoms with Gasteiger partial charge in [0, 0.05) is 11.9 Å². The van der Waals surface area contributed by atoms with Gasteiger partial charge in [0.25, 0.3) is 0 Å². The second-order valence-electron chi connectivity index (χ2n) is 5.41. The summed E-state index contributed by atoms with van der Waals surface area (Å²) in [6.07, 6.45) is 7.77. The fourth-order valence-corrected chi connectivity index (χ4v) is 2.94. The molecular formula is C15H22N2O. The highest BCUT2D eigenvalue weighted by Gasteiger charge is 2.40. The van der Waals surface area contributed by atoms with Crippen molar-refractivity contribution in [3.8, 4) is 0 Å². The lowest BCUT2D eigenvalue weighted by molar-refractivity contribution is -0.131. The van der Waals surface area contributed by atoms with Gasteiger partial charge in [-0.1, -0.05) is 25.3 Å². The minimum absolute atomic E-state index is 0.254. The first-order valence-corrected chi connectivity index (χ1v) is 6.76. The van der Waals surface area contributed by atoms with Gasteiger partial charge in [-0.2, -0.15) is 0 Å². The lowest BCUT2D eigenvalue weighted by Gasteiger charge is -2.41. The topological polar surface area (TPSA) is 33.2 Å². The molecule has 0 aromatic carbocycles. The molecule has 0 aliphatic heterocycles. The number of likely N-dealkylation sites (N-methyl/N-ethyl adjacent to an activating group) is 1. The summed E-state index contributed by atoms with van der Waals surface area (Å²) >= 11 is 0. The lowest BCUT2D eigenvalue weighted by Crippen LogP contribution is -2.53. The Hall–Kier alpha value is -1.22. The van der Waals surface area contributed by atoms with E-state index in [0.717, 1.165) is 31.4 Å². The molecule has 2 rings (SSSR count). The highest BCUT2D eigenvalue weighted by Crippen LogP contribution is 2.33. The third kappa shape index (κ3) is 2.61. The van der Waals surface area contributed by atoms with Crippen molar-refractivity contribution < 1.29 is 4.79 Å². The van der Waals surface area contributed by atoms with Gasteiger partial charge in [-0.25, -0.2) is 0 Å². The number of aromatic nitrogens is 1. The summed E-state index contributed by atoms with van der Waals surface area (Å²) in [5, 5.41) is 0. The number of ketones is 1. The first-order chi connectivity index (χ1) is 8.65. The molecule has 0 radical (unpaired) electrons. The van der Waals surface area contributed by atoms with Crippen LogP contribution in [0.25, 0.3) is 0 Å². The molecule has 18 heavy (non-hydrogen) atoms. The smallest absolute Gasteiger partial charge is 0.158 e. The summed E-state index contributed by atoms with van der Waals surface area (Å²) in [5.41, 5.74) is 0.629. The molecule has 1 aromatic rings. The van der Waals surface area contributed by atoms with E-state index in [9.17, 15) is 4.79 Å². The van der Waals surface area contributed by atoms with Crippen LogP contribution in [0.5, 0.6) is 0 Å². The second kappa shape index (κ2) is 5.61. The van der Waals surface area contributed by atoms with E-state index in [1.807, 2.05) is 32.3 Å². The Balaban J connectivity index is 2.14. The molecule has 1 aromatic heterocycles. The zero-order chi connectivity index (χ0) is 13.0. The number of Topliss-reactive ketones (excluding diaryl/α,β-unsaturated/α-hetero) is 1. The van der Waals surface area contributed by atoms with Crippen molar-refractivity contribution >= 4 is 5.78 Å². The van der Waals surface area contributed by atoms with E-state index in [-0.39, 0.29) is 5.54 Å². The van der Waals surface area contributed by atoms with E-state index in [2.05, 4.69) is 9.88 Å². The van der Waals surface area contributed by atoms with Crippen LogP contribution in [0.2, 0.25) is 0 Å². The number of pyridine rings is 1. The van der Waals surface area contributed by atoms with Gasteiger partial charge in [0.15, 0.2) is 5.78 Å². The molecule has 1 fully saturated rings. The minimum atomic E-state index is -0.254. The largest absolute Gasteiger partial charge is 0.297 e. The Morgan fingerprint density at radius 2 is 2.00 bits per heavy atom. The summed E-state index contributed by atoms with van der Waals surface area (Å²) in [7, 11) is 4.06. The minimum Gasteiger partial charge on any atom is -0.297 e. The van der Waals surface area contributed by atoms with Crippen molar-refractivity contribution in [1.29, 1.82) is 0 Å². The molecule has 0 unspecified atom stereocenters. The predicted octanol–water partition coefficient (Wildman–Crippen LogP) is 2.46. The Labute approximate surface area is 109 Å². The summed E-state index contributed by atoms with van der Waals surface area (Å²) in [5.74, 6) is 0.325. The first-order valence-electron chi connectivity index (χ1n) is 6.76. The Morgan fingerprint density at radius 1 is 1.28 bits per heavy atom. The maximum absolute atomic E-state index is 12.6. The fraction of sp³-hybridized carbons (Fsp3) is 0.600. The third-order valence-electron chi connectivity index (χ3n) is 4.12. The van der Waals surface area contributed by atoms with E-state index in [1.165, 1.54) is 6.42 Å². The number of rotatable bonds is 4. The number of hydrogen-bond donors (Lipinski definition) is 0. The molecular weight excluding hydrogens is 224 g/mol. The standard InChI is InChI=1S/C15H22N2O/c1-17(2)15(9-5-3-6-10-15)14(18)12-13-8-4-7-11-16-13/h4,7-8,11H,3,5-6,9-10,12H2,1-2H3. The highest BCUT2D eigenvalue weighted by atomic mass is 16.1. The third-order valence-corrected chi connectivity index (χ3v) is 4.12. The molecule has 1 aliphatic carbocycles. The average molecular weight is 246 g/mol. The van der Waals surface area contributed by atoms with Gasteiger partial charge in [-0.05, 0) is 39.1 Å². The van der Waals surface area contributed by atoms with Crippen LogP contribution in [0.1, 0.15) is 37.8 Å². The van der Waals surface area contributed by atoms with Gasteiger partial charge in [-0.3, -0.25) is 14.7 Å². The van der Waals surface area contributed by atoms with Crippen molar-refractivity contribution in [2.45, 2.75) is 44.1 Å². The van der Waals surface area contributed by atoms with E-state index in [1.54, 1.807) is 6.20 Å². The van der Waals surface area contributed by atoms with Crippen LogP contribution >= 0.6 is 0 Å². The summed E-state index contributed by atoms with van der Waals surface area (Å²) < 4.78 is 0. The Kier molecular flexibility index (Phi) is 4.12. The van der Waals surface area contributed by atoms with Crippen molar-refractivity contribution in [2.75, 3.05) is 14.1 Å². The molecule has 98 valence electrons. The van der Waals surface area contributed by atoms with Crippen LogP contribution in [0, 0.1) is 0 Å². The number of carbonyl (C=O) groups excluding carboxylic acids is 1. The summed E-state index contributed by atoms with van der Waals surface area (Å²) in [4.78, 5) is 19.0. The van der Waals surface area contributed by atoms with Gasteiger partial charge in [-0.15, -0.1) is 0 Å². The maximum atomic E-state index is 12.6. The van der Waals surface area contributed by atoms with E-state index < -0.39 is 0 Å². The SMILES string of the molecule is CN(C)C1(C(=O)Cc2ccccn2)CCCCC1. The number of nitrogens with zero attached hydrogens (tertiary/aromatic N) is 2. The molecule has 0 N–H and O–H groups in total. The van der Waals surface area contributed by atoms with Crippen LogP contribution in [-0.4, -0.2) is 35.3 Å². The average Bonchev–Trinajstić information content (AvgIpc) is 2.40. The number of carbonyl (C=O) groups is 1. The zero-order valence-corrected chi connectivity index (χ0v) is 11.4. The van der Waals surface area contributed by atoms with Crippen LogP contribution in [0.3, 0.4) is 0 Å². The van der Waals surface area contributed by atoms with E-state index in [4.69, 9.17) is 0 Å². The van der Waals surface area contributed by atoms with Gasteiger partial charge in [0.2, 0.25) is 0 Å². The molecule has 0 bridgehead atoms. The number of hydrogen-bond acceptors (Lipinski definition) is 3.